The number of rotatable bonds is 5. The lowest BCUT2D eigenvalue weighted by Gasteiger charge is -2.35. The summed E-state index contributed by atoms with van der Waals surface area (Å²) in [5.41, 5.74) is 4.38. The Bertz CT molecular complexity index is 1010. The maximum Gasteiger partial charge on any atom is 0.276 e. The van der Waals surface area contributed by atoms with Crippen LogP contribution in [0.25, 0.3) is 0 Å². The van der Waals surface area contributed by atoms with Gasteiger partial charge >= 0.3 is 0 Å². The monoisotopic (exact) mass is 404 g/mol. The van der Waals surface area contributed by atoms with Gasteiger partial charge in [0.15, 0.2) is 5.69 Å². The molecule has 5 nitrogen and oxygen atoms in total. The van der Waals surface area contributed by atoms with Crippen LogP contribution in [-0.2, 0) is 6.61 Å². The van der Waals surface area contributed by atoms with Crippen molar-refractivity contribution in [2.24, 2.45) is 0 Å². The van der Waals surface area contributed by atoms with E-state index in [1.165, 1.54) is 5.56 Å². The second-order valence-corrected chi connectivity index (χ2v) is 8.00. The first-order valence-electron chi connectivity index (χ1n) is 10.6. The molecule has 0 aliphatic carbocycles. The average molecular weight is 405 g/mol. The van der Waals surface area contributed by atoms with Crippen LogP contribution in [0.3, 0.4) is 0 Å². The summed E-state index contributed by atoms with van der Waals surface area (Å²) in [5.74, 6) is 1.38. The standard InChI is InChI=1S/C25H28N2O3/c1-17-10-9-11-18(2)24(17)29-16-21-19(3)30-26-23(21)25(28)27-15-8-7-14-22(27)20-12-5-4-6-13-20/h4-6,9-13,22H,7-8,14-16H2,1-3H3. The van der Waals surface area contributed by atoms with Crippen LogP contribution in [0.4, 0.5) is 0 Å². The minimum Gasteiger partial charge on any atom is -0.488 e. The van der Waals surface area contributed by atoms with E-state index in [2.05, 4.69) is 17.3 Å². The SMILES string of the molecule is Cc1cccc(C)c1OCc1c(C(=O)N2CCCCC2c2ccccc2)noc1C. The number of likely N-dealkylation sites (tertiary alicyclic amines) is 1. The second kappa shape index (κ2) is 8.74. The van der Waals surface area contributed by atoms with Crippen LogP contribution in [-0.4, -0.2) is 22.5 Å². The molecule has 3 aromatic rings. The topological polar surface area (TPSA) is 55.6 Å². The Labute approximate surface area is 177 Å². The maximum atomic E-state index is 13.5. The summed E-state index contributed by atoms with van der Waals surface area (Å²) in [6.45, 7) is 6.85. The first-order valence-corrected chi connectivity index (χ1v) is 10.6. The molecule has 1 atom stereocenters. The van der Waals surface area contributed by atoms with Crippen LogP contribution in [0, 0.1) is 20.8 Å². The van der Waals surface area contributed by atoms with Gasteiger partial charge in [-0.2, -0.15) is 0 Å². The molecular formula is C25H28N2O3. The van der Waals surface area contributed by atoms with Gasteiger partial charge in [0.25, 0.3) is 5.91 Å². The van der Waals surface area contributed by atoms with Gasteiger partial charge in [-0.25, -0.2) is 0 Å². The highest BCUT2D eigenvalue weighted by molar-refractivity contribution is 5.94. The predicted octanol–water partition coefficient (Wildman–Crippen LogP) is 5.55. The summed E-state index contributed by atoms with van der Waals surface area (Å²) in [6.07, 6.45) is 3.07. The summed E-state index contributed by atoms with van der Waals surface area (Å²) in [5, 5.41) is 4.13. The molecule has 2 aromatic carbocycles. The fourth-order valence-corrected chi connectivity index (χ4v) is 4.23. The van der Waals surface area contributed by atoms with Crippen molar-refractivity contribution in [3.05, 3.63) is 82.2 Å². The highest BCUT2D eigenvalue weighted by atomic mass is 16.5. The Kier molecular flexibility index (Phi) is 5.88. The van der Waals surface area contributed by atoms with Crippen LogP contribution in [0.5, 0.6) is 5.75 Å². The molecular weight excluding hydrogens is 376 g/mol. The van der Waals surface area contributed by atoms with Crippen LogP contribution >= 0.6 is 0 Å². The Morgan fingerprint density at radius 1 is 1.07 bits per heavy atom. The zero-order valence-electron chi connectivity index (χ0n) is 17.9. The quantitative estimate of drug-likeness (QED) is 0.560. The third-order valence-electron chi connectivity index (χ3n) is 5.90. The molecule has 156 valence electrons. The van der Waals surface area contributed by atoms with Gasteiger partial charge in [-0.15, -0.1) is 0 Å². The largest absolute Gasteiger partial charge is 0.488 e. The summed E-state index contributed by atoms with van der Waals surface area (Å²) in [7, 11) is 0. The molecule has 0 spiro atoms. The van der Waals surface area contributed by atoms with Crippen LogP contribution in [0.1, 0.15) is 63.8 Å². The lowest BCUT2D eigenvalue weighted by atomic mass is 9.94. The third-order valence-corrected chi connectivity index (χ3v) is 5.90. The lowest BCUT2D eigenvalue weighted by Crippen LogP contribution is -2.39. The van der Waals surface area contributed by atoms with Gasteiger partial charge in [-0.3, -0.25) is 4.79 Å². The molecule has 1 unspecified atom stereocenters. The van der Waals surface area contributed by atoms with E-state index >= 15 is 0 Å². The van der Waals surface area contributed by atoms with Crippen molar-refractivity contribution >= 4 is 5.91 Å². The number of aromatic nitrogens is 1. The van der Waals surface area contributed by atoms with E-state index in [1.54, 1.807) is 0 Å². The highest BCUT2D eigenvalue weighted by Gasteiger charge is 2.32. The van der Waals surface area contributed by atoms with Crippen molar-refractivity contribution in [2.45, 2.75) is 52.7 Å². The Morgan fingerprint density at radius 2 is 1.80 bits per heavy atom. The molecule has 1 amide bonds. The normalized spacial score (nSPS) is 16.5. The molecule has 1 fully saturated rings. The molecule has 5 heteroatoms. The van der Waals surface area contributed by atoms with Crippen LogP contribution in [0.2, 0.25) is 0 Å². The van der Waals surface area contributed by atoms with Crippen molar-refractivity contribution in [1.29, 1.82) is 0 Å². The number of hydrogen-bond donors (Lipinski definition) is 0. The van der Waals surface area contributed by atoms with Crippen LogP contribution < -0.4 is 4.74 Å². The zero-order chi connectivity index (χ0) is 21.1. The van der Waals surface area contributed by atoms with E-state index in [0.717, 1.165) is 48.2 Å². The Hall–Kier alpha value is -3.08. The van der Waals surface area contributed by atoms with E-state index in [4.69, 9.17) is 9.26 Å². The van der Waals surface area contributed by atoms with Gasteiger partial charge in [0.05, 0.1) is 11.6 Å². The zero-order valence-corrected chi connectivity index (χ0v) is 17.9. The highest BCUT2D eigenvalue weighted by Crippen LogP contribution is 2.33. The minimum absolute atomic E-state index is 0.0665. The van der Waals surface area contributed by atoms with Crippen molar-refractivity contribution in [2.75, 3.05) is 6.54 Å². The molecule has 0 bridgehead atoms. The average Bonchev–Trinajstić information content (AvgIpc) is 3.14. The summed E-state index contributed by atoms with van der Waals surface area (Å²) in [6, 6.07) is 16.4. The number of carbonyl (C=O) groups is 1. The van der Waals surface area contributed by atoms with Gasteiger partial charge < -0.3 is 14.2 Å². The van der Waals surface area contributed by atoms with Gasteiger partial charge in [0, 0.05) is 6.54 Å². The molecule has 0 radical (unpaired) electrons. The number of benzene rings is 2. The Morgan fingerprint density at radius 3 is 2.53 bits per heavy atom. The molecule has 1 saturated heterocycles. The molecule has 1 aliphatic heterocycles. The fourth-order valence-electron chi connectivity index (χ4n) is 4.23. The number of amides is 1. The molecule has 4 rings (SSSR count). The lowest BCUT2D eigenvalue weighted by molar-refractivity contribution is 0.0598. The molecule has 1 aromatic heterocycles. The number of para-hydroxylation sites is 1. The van der Waals surface area contributed by atoms with E-state index < -0.39 is 0 Å². The molecule has 0 N–H and O–H groups in total. The van der Waals surface area contributed by atoms with Gasteiger partial charge in [-0.1, -0.05) is 53.7 Å². The fraction of sp³-hybridized carbons (Fsp3) is 0.360. The molecule has 0 saturated carbocycles. The molecule has 2 heterocycles. The maximum absolute atomic E-state index is 13.5. The van der Waals surface area contributed by atoms with Gasteiger partial charge in [0.2, 0.25) is 0 Å². The van der Waals surface area contributed by atoms with Crippen molar-refractivity contribution < 1.29 is 14.1 Å². The number of carbonyl (C=O) groups excluding carboxylic acids is 1. The van der Waals surface area contributed by atoms with Gasteiger partial charge in [-0.05, 0) is 56.7 Å². The minimum atomic E-state index is -0.0829. The molecule has 30 heavy (non-hydrogen) atoms. The van der Waals surface area contributed by atoms with Crippen LogP contribution in [0.15, 0.2) is 53.1 Å². The first-order chi connectivity index (χ1) is 14.6. The van der Waals surface area contributed by atoms with Gasteiger partial charge in [0.1, 0.15) is 18.1 Å². The van der Waals surface area contributed by atoms with E-state index in [-0.39, 0.29) is 18.6 Å². The van der Waals surface area contributed by atoms with Crippen molar-refractivity contribution in [3.8, 4) is 5.75 Å². The van der Waals surface area contributed by atoms with E-state index in [0.29, 0.717) is 11.5 Å². The smallest absolute Gasteiger partial charge is 0.276 e. The van der Waals surface area contributed by atoms with Crippen molar-refractivity contribution in [3.63, 3.8) is 0 Å². The third kappa shape index (κ3) is 3.97. The summed E-state index contributed by atoms with van der Waals surface area (Å²) >= 11 is 0. The second-order valence-electron chi connectivity index (χ2n) is 8.00. The molecule has 1 aliphatic rings. The van der Waals surface area contributed by atoms with Crippen molar-refractivity contribution in [1.82, 2.24) is 10.1 Å². The predicted molar refractivity (Wildman–Crippen MR) is 116 cm³/mol. The summed E-state index contributed by atoms with van der Waals surface area (Å²) in [4.78, 5) is 15.5. The van der Waals surface area contributed by atoms with E-state index in [1.807, 2.05) is 62.1 Å². The Balaban J connectivity index is 1.59. The number of nitrogens with zero attached hydrogens (tertiary/aromatic N) is 2. The number of piperidine rings is 1. The number of aryl methyl sites for hydroxylation is 3. The summed E-state index contributed by atoms with van der Waals surface area (Å²) < 4.78 is 11.5. The number of hydrogen-bond acceptors (Lipinski definition) is 4. The number of ether oxygens (including phenoxy) is 1. The first kappa shape index (κ1) is 20.2. The van der Waals surface area contributed by atoms with E-state index in [9.17, 15) is 4.79 Å².